The van der Waals surface area contributed by atoms with Crippen LogP contribution in [0.25, 0.3) is 10.4 Å². The van der Waals surface area contributed by atoms with Gasteiger partial charge in [0.25, 0.3) is 5.91 Å². The zero-order valence-electron chi connectivity index (χ0n) is 30.8. The Hall–Kier alpha value is -4.86. The third-order valence-electron chi connectivity index (χ3n) is 7.59. The second-order valence-electron chi connectivity index (χ2n) is 11.8. The number of aromatic nitrogens is 3. The first-order valence-corrected chi connectivity index (χ1v) is 18.4. The number of rotatable bonds is 31. The lowest BCUT2D eigenvalue weighted by Crippen LogP contribution is -2.27. The quantitative estimate of drug-likeness (QED) is 0.0192. The van der Waals surface area contributed by atoms with E-state index >= 15 is 0 Å². The summed E-state index contributed by atoms with van der Waals surface area (Å²) in [4.78, 5) is 41.1. The van der Waals surface area contributed by atoms with Crippen LogP contribution in [0.5, 0.6) is 0 Å². The van der Waals surface area contributed by atoms with Crippen molar-refractivity contribution >= 4 is 35.2 Å². The monoisotopic (exact) mass is 734 g/mol. The molecule has 4 N–H and O–H groups in total. The molecule has 0 aliphatic heterocycles. The smallest absolute Gasteiger partial charge is 0.251 e. The van der Waals surface area contributed by atoms with E-state index in [9.17, 15) is 9.59 Å². The molecular weight excluding hydrogens is 680 g/mol. The molecule has 0 saturated carbocycles. The maximum atomic E-state index is 12.6. The van der Waals surface area contributed by atoms with Crippen LogP contribution in [0, 0.1) is 0 Å². The number of nitrogens with one attached hydrogen (secondary N) is 4. The van der Waals surface area contributed by atoms with E-state index in [2.05, 4.69) is 53.2 Å². The van der Waals surface area contributed by atoms with Gasteiger partial charge in [0.2, 0.25) is 17.8 Å². The highest BCUT2D eigenvalue weighted by Gasteiger charge is 2.10. The van der Waals surface area contributed by atoms with E-state index in [-0.39, 0.29) is 18.2 Å². The first-order chi connectivity index (χ1) is 26.1. The second-order valence-corrected chi connectivity index (χ2v) is 11.8. The van der Waals surface area contributed by atoms with E-state index < -0.39 is 0 Å². The van der Waals surface area contributed by atoms with Crippen LogP contribution in [0.4, 0.5) is 23.5 Å². The van der Waals surface area contributed by atoms with Gasteiger partial charge in [0.15, 0.2) is 5.78 Å². The molecule has 0 aliphatic carbocycles. The molecule has 16 heteroatoms. The number of azide groups is 1. The fourth-order valence-electron chi connectivity index (χ4n) is 4.82. The van der Waals surface area contributed by atoms with Gasteiger partial charge in [-0.1, -0.05) is 68.1 Å². The van der Waals surface area contributed by atoms with E-state index in [1.807, 2.05) is 30.3 Å². The Kier molecular flexibility index (Phi) is 22.3. The molecule has 53 heavy (non-hydrogen) atoms. The van der Waals surface area contributed by atoms with Crippen LogP contribution >= 0.6 is 0 Å². The van der Waals surface area contributed by atoms with Crippen LogP contribution in [-0.4, -0.2) is 106 Å². The standard InChI is InChI=1S/C37H54N10O6/c1-2-3-4-5-9-18-40-35-44-36(41-20-24-52-27-26-50-22-10-13-33(48)30-11-7-6-8-12-30)46-37(45-35)43-32-16-14-31(15-17-32)34(49)39-19-23-51-28-29-53-25-21-42-47-38/h6-8,11-12,14-17H,2-5,9-10,13,18-29H2,1H3,(H,39,49)(H3,40,41,43,44,45,46). The van der Waals surface area contributed by atoms with E-state index in [1.165, 1.54) is 19.3 Å². The number of nitrogens with zero attached hydrogens (tertiary/aromatic N) is 6. The first kappa shape index (κ1) is 42.6. The van der Waals surface area contributed by atoms with Crippen LogP contribution in [-0.2, 0) is 18.9 Å². The summed E-state index contributed by atoms with van der Waals surface area (Å²) in [5.74, 6) is 1.12. The molecular formula is C37H54N10O6. The molecule has 16 nitrogen and oxygen atoms in total. The number of Topliss-reactive ketones (excluding diaryl/α,β-unsaturated/α-hetero) is 1. The summed E-state index contributed by atoms with van der Waals surface area (Å²) in [6.45, 7) is 7.30. The average molecular weight is 735 g/mol. The van der Waals surface area contributed by atoms with Gasteiger partial charge in [-0.25, -0.2) is 0 Å². The topological polar surface area (TPSA) is 207 Å². The molecule has 1 amide bonds. The van der Waals surface area contributed by atoms with Crippen molar-refractivity contribution < 1.29 is 28.5 Å². The summed E-state index contributed by atoms with van der Waals surface area (Å²) in [6, 6.07) is 16.3. The Morgan fingerprint density at radius 2 is 1.28 bits per heavy atom. The third kappa shape index (κ3) is 19.5. The third-order valence-corrected chi connectivity index (χ3v) is 7.59. The molecule has 0 bridgehead atoms. The molecule has 0 aliphatic rings. The van der Waals surface area contributed by atoms with Gasteiger partial charge in [0, 0.05) is 60.9 Å². The Balaban J connectivity index is 1.39. The van der Waals surface area contributed by atoms with Crippen molar-refractivity contribution in [1.82, 2.24) is 20.3 Å². The van der Waals surface area contributed by atoms with E-state index in [0.29, 0.717) is 108 Å². The SMILES string of the molecule is CCCCCCCNc1nc(NCCOCCOCCCC(=O)c2ccccc2)nc(Nc2ccc(C(=O)NCCOCCOCCN=[N+]=[N-])cc2)n1. The number of anilines is 4. The summed E-state index contributed by atoms with van der Waals surface area (Å²) in [5.41, 5.74) is 10.2. The molecule has 288 valence electrons. The van der Waals surface area contributed by atoms with Crippen molar-refractivity contribution in [3.05, 3.63) is 76.2 Å². The normalized spacial score (nSPS) is 10.7. The molecule has 3 aromatic rings. The van der Waals surface area contributed by atoms with E-state index in [0.717, 1.165) is 24.9 Å². The first-order valence-electron chi connectivity index (χ1n) is 18.4. The van der Waals surface area contributed by atoms with Gasteiger partial charge in [-0.05, 0) is 42.6 Å². The number of benzene rings is 2. The van der Waals surface area contributed by atoms with Gasteiger partial charge in [0.1, 0.15) is 0 Å². The average Bonchev–Trinajstić information content (AvgIpc) is 3.18. The molecule has 0 unspecified atom stereocenters. The zero-order chi connectivity index (χ0) is 37.6. The van der Waals surface area contributed by atoms with Crippen LogP contribution in [0.3, 0.4) is 0 Å². The number of carbonyl (C=O) groups is 2. The highest BCUT2D eigenvalue weighted by molar-refractivity contribution is 5.96. The van der Waals surface area contributed by atoms with Crippen LogP contribution in [0.2, 0.25) is 0 Å². The summed E-state index contributed by atoms with van der Waals surface area (Å²) in [5, 5.41) is 16.0. The van der Waals surface area contributed by atoms with Gasteiger partial charge >= 0.3 is 0 Å². The lowest BCUT2D eigenvalue weighted by molar-refractivity contribution is 0.0497. The molecule has 0 atom stereocenters. The number of hydrogen-bond acceptors (Lipinski definition) is 13. The molecule has 0 spiro atoms. The maximum Gasteiger partial charge on any atom is 0.251 e. The number of amides is 1. The predicted octanol–water partition coefficient (Wildman–Crippen LogP) is 6.18. The van der Waals surface area contributed by atoms with Crippen LogP contribution in [0.1, 0.15) is 72.6 Å². The Labute approximate surface area is 311 Å². The Bertz CT molecular complexity index is 1490. The zero-order valence-corrected chi connectivity index (χ0v) is 30.8. The molecule has 3 rings (SSSR count). The minimum absolute atomic E-state index is 0.121. The fourth-order valence-corrected chi connectivity index (χ4v) is 4.82. The fraction of sp³-hybridized carbons (Fsp3) is 0.541. The van der Waals surface area contributed by atoms with Gasteiger partial charge in [-0.3, -0.25) is 9.59 Å². The highest BCUT2D eigenvalue weighted by Crippen LogP contribution is 2.17. The van der Waals surface area contributed by atoms with Gasteiger partial charge in [0.05, 0.1) is 46.2 Å². The van der Waals surface area contributed by atoms with Crippen molar-refractivity contribution in [2.45, 2.75) is 51.9 Å². The number of ketones is 1. The van der Waals surface area contributed by atoms with Crippen molar-refractivity contribution in [2.75, 3.05) is 95.0 Å². The van der Waals surface area contributed by atoms with Crippen molar-refractivity contribution in [3.63, 3.8) is 0 Å². The van der Waals surface area contributed by atoms with Gasteiger partial charge in [-0.15, -0.1) is 0 Å². The van der Waals surface area contributed by atoms with E-state index in [1.54, 1.807) is 24.3 Å². The van der Waals surface area contributed by atoms with Crippen LogP contribution in [0.15, 0.2) is 59.7 Å². The molecule has 1 aromatic heterocycles. The molecule has 0 radical (unpaired) electrons. The minimum Gasteiger partial charge on any atom is -0.379 e. The predicted molar refractivity (Wildman–Crippen MR) is 205 cm³/mol. The lowest BCUT2D eigenvalue weighted by Gasteiger charge is -2.12. The Morgan fingerprint density at radius 3 is 1.98 bits per heavy atom. The Morgan fingerprint density at radius 1 is 0.660 bits per heavy atom. The van der Waals surface area contributed by atoms with Crippen molar-refractivity contribution in [1.29, 1.82) is 0 Å². The number of carbonyl (C=O) groups excluding carboxylic acids is 2. The molecule has 0 fully saturated rings. The summed E-state index contributed by atoms with van der Waals surface area (Å²) in [6.07, 6.45) is 6.89. The van der Waals surface area contributed by atoms with Crippen molar-refractivity contribution in [3.8, 4) is 0 Å². The minimum atomic E-state index is -0.216. The summed E-state index contributed by atoms with van der Waals surface area (Å²) >= 11 is 0. The number of hydrogen-bond donors (Lipinski definition) is 4. The van der Waals surface area contributed by atoms with Crippen LogP contribution < -0.4 is 21.3 Å². The van der Waals surface area contributed by atoms with Gasteiger partial charge in [-0.2, -0.15) is 15.0 Å². The maximum absolute atomic E-state index is 12.6. The molecule has 0 saturated heterocycles. The largest absolute Gasteiger partial charge is 0.379 e. The second kappa shape index (κ2) is 27.7. The van der Waals surface area contributed by atoms with Crippen molar-refractivity contribution in [2.24, 2.45) is 5.11 Å². The van der Waals surface area contributed by atoms with E-state index in [4.69, 9.17) is 24.5 Å². The lowest BCUT2D eigenvalue weighted by atomic mass is 10.1. The number of unbranched alkanes of at least 4 members (excludes halogenated alkanes) is 4. The molecule has 2 aromatic carbocycles. The van der Waals surface area contributed by atoms with Gasteiger partial charge < -0.3 is 40.2 Å². The molecule has 1 heterocycles. The number of ether oxygens (including phenoxy) is 4. The summed E-state index contributed by atoms with van der Waals surface area (Å²) in [7, 11) is 0. The highest BCUT2D eigenvalue weighted by atomic mass is 16.5. The summed E-state index contributed by atoms with van der Waals surface area (Å²) < 4.78 is 22.0.